The first-order chi connectivity index (χ1) is 15.1. The lowest BCUT2D eigenvalue weighted by Gasteiger charge is -2.33. The number of thiol groups is 1. The summed E-state index contributed by atoms with van der Waals surface area (Å²) in [5.74, 6) is 0.892. The summed E-state index contributed by atoms with van der Waals surface area (Å²) < 4.78 is 4.65. The van der Waals surface area contributed by atoms with Crippen molar-refractivity contribution < 1.29 is 14.3 Å². The Morgan fingerprint density at radius 1 is 1.10 bits per heavy atom. The van der Waals surface area contributed by atoms with Crippen molar-refractivity contribution in [1.82, 2.24) is 25.4 Å². The van der Waals surface area contributed by atoms with E-state index in [-0.39, 0.29) is 17.1 Å². The summed E-state index contributed by atoms with van der Waals surface area (Å²) in [4.78, 5) is 27.2. The highest BCUT2D eigenvalue weighted by Gasteiger charge is 2.19. The minimum Gasteiger partial charge on any atom is -0.383 e. The summed E-state index contributed by atoms with van der Waals surface area (Å²) in [7, 11) is 0. The number of non-ortho nitro benzene ring substituents is 1. The second-order valence-electron chi connectivity index (χ2n) is 7.54. The van der Waals surface area contributed by atoms with Gasteiger partial charge in [0.25, 0.3) is 0 Å². The average molecular weight is 452 g/mol. The summed E-state index contributed by atoms with van der Waals surface area (Å²) in [6.45, 7) is 6.34. The third kappa shape index (κ3) is 6.77. The van der Waals surface area contributed by atoms with E-state index in [0.29, 0.717) is 30.7 Å². The van der Waals surface area contributed by atoms with Gasteiger partial charge in [-0.05, 0) is 29.2 Å². The molecule has 11 nitrogen and oxygen atoms in total. The maximum atomic E-state index is 12.0. The zero-order chi connectivity index (χ0) is 22.1. The van der Waals surface area contributed by atoms with Gasteiger partial charge in [-0.15, -0.1) is 0 Å². The van der Waals surface area contributed by atoms with E-state index >= 15 is 0 Å². The molecule has 1 amide bonds. The SMILES string of the molecule is O=C(CCCCCNc1ccc([N+](=O)[O-])c2nonc12)NCCN1CCN(CS)CC1. The van der Waals surface area contributed by atoms with Gasteiger partial charge in [0.1, 0.15) is 0 Å². The quantitative estimate of drug-likeness (QED) is 0.191. The smallest absolute Gasteiger partial charge is 0.300 e. The van der Waals surface area contributed by atoms with Gasteiger partial charge >= 0.3 is 5.69 Å². The molecule has 1 aromatic carbocycles. The highest BCUT2D eigenvalue weighted by Crippen LogP contribution is 2.28. The molecule has 2 aromatic rings. The van der Waals surface area contributed by atoms with E-state index in [9.17, 15) is 14.9 Å². The normalized spacial score (nSPS) is 15.3. The number of unbranched alkanes of at least 4 members (excludes halogenated alkanes) is 2. The molecule has 0 unspecified atom stereocenters. The van der Waals surface area contributed by atoms with Gasteiger partial charge in [0.15, 0.2) is 5.52 Å². The molecule has 1 aliphatic rings. The number of rotatable bonds is 12. The van der Waals surface area contributed by atoms with Gasteiger partial charge in [0.2, 0.25) is 11.4 Å². The van der Waals surface area contributed by atoms with E-state index in [1.54, 1.807) is 6.07 Å². The summed E-state index contributed by atoms with van der Waals surface area (Å²) in [5, 5.41) is 24.6. The van der Waals surface area contributed by atoms with Crippen LogP contribution in [-0.4, -0.2) is 82.6 Å². The number of benzene rings is 1. The number of hydrogen-bond donors (Lipinski definition) is 3. The molecule has 0 radical (unpaired) electrons. The van der Waals surface area contributed by atoms with Crippen LogP contribution in [0.25, 0.3) is 11.0 Å². The molecule has 2 N–H and O–H groups in total. The van der Waals surface area contributed by atoms with Crippen LogP contribution < -0.4 is 10.6 Å². The minimum atomic E-state index is -0.509. The third-order valence-electron chi connectivity index (χ3n) is 5.40. The summed E-state index contributed by atoms with van der Waals surface area (Å²) in [6, 6.07) is 3.00. The Bertz CT molecular complexity index is 870. The van der Waals surface area contributed by atoms with Crippen LogP contribution in [-0.2, 0) is 4.79 Å². The molecule has 2 heterocycles. The Kier molecular flexibility index (Phi) is 8.85. The number of nitro benzene ring substituents is 1. The number of carbonyl (C=O) groups excluding carboxylic acids is 1. The highest BCUT2D eigenvalue weighted by atomic mass is 32.1. The lowest BCUT2D eigenvalue weighted by atomic mass is 10.1. The Morgan fingerprint density at radius 3 is 2.58 bits per heavy atom. The fourth-order valence-corrected chi connectivity index (χ4v) is 3.83. The second kappa shape index (κ2) is 11.8. The molecular formula is C19H29N7O4S. The third-order valence-corrected chi connectivity index (χ3v) is 5.80. The number of fused-ring (bicyclic) bond motifs is 1. The second-order valence-corrected chi connectivity index (χ2v) is 7.82. The molecule has 0 saturated carbocycles. The van der Waals surface area contributed by atoms with E-state index in [0.717, 1.165) is 57.9 Å². The van der Waals surface area contributed by atoms with Crippen LogP contribution in [0.4, 0.5) is 11.4 Å². The predicted molar refractivity (Wildman–Crippen MR) is 120 cm³/mol. The minimum absolute atomic E-state index is 0.0905. The van der Waals surface area contributed by atoms with Crippen LogP contribution >= 0.6 is 12.6 Å². The maximum absolute atomic E-state index is 12.0. The monoisotopic (exact) mass is 451 g/mol. The molecule has 31 heavy (non-hydrogen) atoms. The van der Waals surface area contributed by atoms with Gasteiger partial charge in [0.05, 0.1) is 10.6 Å². The van der Waals surface area contributed by atoms with Crippen molar-refractivity contribution in [1.29, 1.82) is 0 Å². The molecule has 12 heteroatoms. The molecule has 0 aliphatic carbocycles. The molecule has 1 saturated heterocycles. The fraction of sp³-hybridized carbons (Fsp3) is 0.632. The molecule has 1 fully saturated rings. The van der Waals surface area contributed by atoms with Crippen molar-refractivity contribution >= 4 is 40.9 Å². The van der Waals surface area contributed by atoms with Crippen LogP contribution in [0.15, 0.2) is 16.8 Å². The summed E-state index contributed by atoms with van der Waals surface area (Å²) >= 11 is 4.30. The molecule has 1 aromatic heterocycles. The molecular weight excluding hydrogens is 422 g/mol. The number of nitrogens with zero attached hydrogens (tertiary/aromatic N) is 5. The van der Waals surface area contributed by atoms with Gasteiger partial charge in [-0.25, -0.2) is 4.63 Å². The molecule has 0 atom stereocenters. The zero-order valence-electron chi connectivity index (χ0n) is 17.5. The number of hydrogen-bond acceptors (Lipinski definition) is 10. The van der Waals surface area contributed by atoms with Crippen molar-refractivity contribution in [3.05, 3.63) is 22.2 Å². The van der Waals surface area contributed by atoms with E-state index < -0.39 is 4.92 Å². The van der Waals surface area contributed by atoms with Crippen LogP contribution in [0, 0.1) is 10.1 Å². The number of nitrogens with one attached hydrogen (secondary N) is 2. The number of piperazine rings is 1. The number of anilines is 1. The van der Waals surface area contributed by atoms with Crippen molar-refractivity contribution in [2.24, 2.45) is 0 Å². The lowest BCUT2D eigenvalue weighted by molar-refractivity contribution is -0.383. The van der Waals surface area contributed by atoms with E-state index in [1.807, 2.05) is 0 Å². The first kappa shape index (κ1) is 23.2. The fourth-order valence-electron chi connectivity index (χ4n) is 3.55. The van der Waals surface area contributed by atoms with Crippen molar-refractivity contribution in [2.75, 3.05) is 57.0 Å². The Hall–Kier alpha value is -2.44. The number of amides is 1. The Balaban J connectivity index is 1.26. The van der Waals surface area contributed by atoms with Gasteiger partial charge in [-0.2, -0.15) is 12.6 Å². The molecule has 170 valence electrons. The first-order valence-electron chi connectivity index (χ1n) is 10.5. The van der Waals surface area contributed by atoms with Gasteiger partial charge < -0.3 is 10.6 Å². The van der Waals surface area contributed by atoms with Crippen LogP contribution in [0.2, 0.25) is 0 Å². The van der Waals surface area contributed by atoms with Crippen LogP contribution in [0.3, 0.4) is 0 Å². The average Bonchev–Trinajstić information content (AvgIpc) is 3.26. The van der Waals surface area contributed by atoms with Crippen molar-refractivity contribution in [3.63, 3.8) is 0 Å². The molecule has 3 rings (SSSR count). The van der Waals surface area contributed by atoms with Crippen molar-refractivity contribution in [2.45, 2.75) is 25.7 Å². The number of carbonyl (C=O) groups is 1. The van der Waals surface area contributed by atoms with Crippen LogP contribution in [0.5, 0.6) is 0 Å². The predicted octanol–water partition coefficient (Wildman–Crippen LogP) is 1.72. The standard InChI is InChI=1S/C19H29N7O4S/c27-17(21-8-9-24-10-12-25(14-31)13-11-24)4-2-1-3-7-20-15-5-6-16(26(28)29)19-18(15)22-30-23-19/h5-6,20,31H,1-4,7-14H2,(H,21,27). The Labute approximate surface area is 186 Å². The molecule has 1 aliphatic heterocycles. The van der Waals surface area contributed by atoms with E-state index in [1.165, 1.54) is 6.07 Å². The van der Waals surface area contributed by atoms with E-state index in [4.69, 9.17) is 0 Å². The summed E-state index contributed by atoms with van der Waals surface area (Å²) in [5.41, 5.74) is 0.999. The highest BCUT2D eigenvalue weighted by molar-refractivity contribution is 7.80. The lowest BCUT2D eigenvalue weighted by Crippen LogP contribution is -2.47. The molecule has 0 spiro atoms. The Morgan fingerprint density at radius 2 is 1.84 bits per heavy atom. The van der Waals surface area contributed by atoms with Crippen molar-refractivity contribution in [3.8, 4) is 0 Å². The van der Waals surface area contributed by atoms with Gasteiger partial charge in [-0.3, -0.25) is 24.7 Å². The number of aromatic nitrogens is 2. The van der Waals surface area contributed by atoms with Gasteiger partial charge in [0, 0.05) is 64.2 Å². The largest absolute Gasteiger partial charge is 0.383 e. The van der Waals surface area contributed by atoms with Crippen LogP contribution in [0.1, 0.15) is 25.7 Å². The molecule has 0 bridgehead atoms. The van der Waals surface area contributed by atoms with E-state index in [2.05, 4.69) is 48.0 Å². The summed E-state index contributed by atoms with van der Waals surface area (Å²) in [6.07, 6.45) is 3.10. The maximum Gasteiger partial charge on any atom is 0.300 e. The zero-order valence-corrected chi connectivity index (χ0v) is 18.4. The van der Waals surface area contributed by atoms with Gasteiger partial charge in [-0.1, -0.05) is 6.42 Å². The number of nitro groups is 1. The first-order valence-corrected chi connectivity index (χ1v) is 11.2. The topological polar surface area (TPSA) is 130 Å².